The Balaban J connectivity index is 2.89. The van der Waals surface area contributed by atoms with Gasteiger partial charge in [0.15, 0.2) is 5.78 Å². The zero-order valence-electron chi connectivity index (χ0n) is 19.6. The first-order valence-electron chi connectivity index (χ1n) is 11.2. The minimum absolute atomic E-state index is 0.100. The van der Waals surface area contributed by atoms with Crippen LogP contribution in [0, 0.1) is 5.92 Å². The number of ketones is 1. The minimum atomic E-state index is -1.03. The van der Waals surface area contributed by atoms with Crippen molar-refractivity contribution in [1.82, 2.24) is 0 Å². The number of allylic oxidation sites excluding steroid dienone is 3. The summed E-state index contributed by atoms with van der Waals surface area (Å²) < 4.78 is 15.5. The van der Waals surface area contributed by atoms with E-state index < -0.39 is 35.5 Å². The Bertz CT molecular complexity index is 735. The number of carbonyl (C=O) groups excluding carboxylic acids is 4. The molecule has 0 heterocycles. The fourth-order valence-electron chi connectivity index (χ4n) is 3.67. The van der Waals surface area contributed by atoms with Crippen molar-refractivity contribution in [3.63, 3.8) is 0 Å². The quantitative estimate of drug-likeness (QED) is 0.168. The van der Waals surface area contributed by atoms with Crippen LogP contribution in [0.1, 0.15) is 72.1 Å². The van der Waals surface area contributed by atoms with Crippen LogP contribution in [0.15, 0.2) is 36.5 Å². The lowest BCUT2D eigenvalue weighted by molar-refractivity contribution is -0.157. The smallest absolute Gasteiger partial charge is 0.305 e. The van der Waals surface area contributed by atoms with Gasteiger partial charge in [-0.05, 0) is 43.9 Å². The maximum absolute atomic E-state index is 12.6. The lowest BCUT2D eigenvalue weighted by Gasteiger charge is -2.32. The van der Waals surface area contributed by atoms with Gasteiger partial charge in [0.05, 0.1) is 13.0 Å². The van der Waals surface area contributed by atoms with Crippen molar-refractivity contribution in [3.8, 4) is 0 Å². The molecule has 0 aromatic heterocycles. The van der Waals surface area contributed by atoms with Crippen molar-refractivity contribution < 1.29 is 33.4 Å². The summed E-state index contributed by atoms with van der Waals surface area (Å²) in [5.41, 5.74) is -1.03. The topological polar surface area (TPSA) is 96.0 Å². The van der Waals surface area contributed by atoms with Gasteiger partial charge in [0.2, 0.25) is 0 Å². The van der Waals surface area contributed by atoms with E-state index in [1.54, 1.807) is 18.2 Å². The van der Waals surface area contributed by atoms with Crippen LogP contribution in [-0.4, -0.2) is 42.5 Å². The average molecular weight is 449 g/mol. The molecule has 0 aromatic carbocycles. The van der Waals surface area contributed by atoms with Crippen molar-refractivity contribution in [3.05, 3.63) is 36.5 Å². The highest BCUT2D eigenvalue weighted by Crippen LogP contribution is 2.37. The van der Waals surface area contributed by atoms with Crippen LogP contribution in [0.4, 0.5) is 0 Å². The maximum atomic E-state index is 12.6. The second kappa shape index (κ2) is 14.4. The summed E-state index contributed by atoms with van der Waals surface area (Å²) >= 11 is 0. The molecule has 0 aromatic rings. The van der Waals surface area contributed by atoms with E-state index in [9.17, 15) is 19.2 Å². The van der Waals surface area contributed by atoms with Gasteiger partial charge in [-0.15, -0.1) is 0 Å². The lowest BCUT2D eigenvalue weighted by Crippen LogP contribution is -2.40. The third kappa shape index (κ3) is 9.62. The summed E-state index contributed by atoms with van der Waals surface area (Å²) in [6.07, 6.45) is 15.4. The Kier molecular flexibility index (Phi) is 12.3. The molecule has 7 heteroatoms. The Morgan fingerprint density at radius 3 is 2.50 bits per heavy atom. The monoisotopic (exact) mass is 448 g/mol. The number of hydrogen-bond donors (Lipinski definition) is 0. The third-order valence-corrected chi connectivity index (χ3v) is 5.28. The van der Waals surface area contributed by atoms with Crippen LogP contribution in [0.3, 0.4) is 0 Å². The number of esters is 3. The first-order chi connectivity index (χ1) is 15.2. The van der Waals surface area contributed by atoms with Crippen LogP contribution in [0.2, 0.25) is 0 Å². The maximum Gasteiger partial charge on any atom is 0.305 e. The highest BCUT2D eigenvalue weighted by molar-refractivity contribution is 5.96. The standard InChI is InChI=1S/C25H36O7/c1-5-6-7-8-9-10-17-25(32-20(3)27)18-16-23(28)22(25)13-11-12-21(31-19(2)26)14-15-24(29)30-4/h9-12,16,18,21-22H,5-8,13-15,17H2,1-4H3/b10-9-,12-11+/t21-,22+,25-/m1/s1. The molecule has 0 saturated carbocycles. The van der Waals surface area contributed by atoms with E-state index >= 15 is 0 Å². The molecule has 7 nitrogen and oxygen atoms in total. The molecule has 3 atom stereocenters. The van der Waals surface area contributed by atoms with Crippen molar-refractivity contribution >= 4 is 23.7 Å². The zero-order chi connectivity index (χ0) is 24.0. The molecule has 0 bridgehead atoms. The van der Waals surface area contributed by atoms with Gasteiger partial charge in [-0.1, -0.05) is 38.0 Å². The Morgan fingerprint density at radius 2 is 1.88 bits per heavy atom. The van der Waals surface area contributed by atoms with Gasteiger partial charge in [-0.25, -0.2) is 0 Å². The molecule has 0 unspecified atom stereocenters. The summed E-state index contributed by atoms with van der Waals surface area (Å²) in [7, 11) is 1.30. The van der Waals surface area contributed by atoms with Gasteiger partial charge in [-0.2, -0.15) is 0 Å². The molecular weight excluding hydrogens is 412 g/mol. The average Bonchev–Trinajstić information content (AvgIpc) is 3.03. The van der Waals surface area contributed by atoms with Crippen LogP contribution in [-0.2, 0) is 33.4 Å². The van der Waals surface area contributed by atoms with Crippen molar-refractivity contribution in [2.75, 3.05) is 7.11 Å². The minimum Gasteiger partial charge on any atom is -0.469 e. The second-order valence-electron chi connectivity index (χ2n) is 7.93. The molecule has 1 aliphatic carbocycles. The fourth-order valence-corrected chi connectivity index (χ4v) is 3.67. The molecule has 1 aliphatic rings. The van der Waals surface area contributed by atoms with Crippen LogP contribution in [0.25, 0.3) is 0 Å². The van der Waals surface area contributed by atoms with Gasteiger partial charge < -0.3 is 14.2 Å². The lowest BCUT2D eigenvalue weighted by atomic mass is 9.83. The molecule has 32 heavy (non-hydrogen) atoms. The molecule has 0 radical (unpaired) electrons. The van der Waals surface area contributed by atoms with Gasteiger partial charge in [0, 0.05) is 26.7 Å². The van der Waals surface area contributed by atoms with E-state index in [0.29, 0.717) is 12.8 Å². The van der Waals surface area contributed by atoms with Gasteiger partial charge in [0.1, 0.15) is 11.7 Å². The summed E-state index contributed by atoms with van der Waals surface area (Å²) in [5, 5.41) is 0. The van der Waals surface area contributed by atoms with Gasteiger partial charge in [0.25, 0.3) is 0 Å². The molecule has 178 valence electrons. The zero-order valence-corrected chi connectivity index (χ0v) is 19.6. The van der Waals surface area contributed by atoms with E-state index in [2.05, 4.69) is 17.7 Å². The van der Waals surface area contributed by atoms with Crippen molar-refractivity contribution in [2.24, 2.45) is 5.92 Å². The largest absolute Gasteiger partial charge is 0.469 e. The molecule has 0 saturated heterocycles. The Labute approximate surface area is 190 Å². The first kappa shape index (κ1) is 27.3. The van der Waals surface area contributed by atoms with E-state index in [0.717, 1.165) is 25.7 Å². The Morgan fingerprint density at radius 1 is 1.12 bits per heavy atom. The van der Waals surface area contributed by atoms with Crippen LogP contribution >= 0.6 is 0 Å². The summed E-state index contributed by atoms with van der Waals surface area (Å²) in [6, 6.07) is 0. The van der Waals surface area contributed by atoms with Gasteiger partial charge in [-0.3, -0.25) is 19.2 Å². The normalized spacial score (nSPS) is 21.2. The number of unbranched alkanes of at least 4 members (excludes halogenated alkanes) is 3. The van der Waals surface area contributed by atoms with Crippen LogP contribution in [0.5, 0.6) is 0 Å². The number of hydrogen-bond acceptors (Lipinski definition) is 7. The highest BCUT2D eigenvalue weighted by atomic mass is 16.6. The first-order valence-corrected chi connectivity index (χ1v) is 11.2. The van der Waals surface area contributed by atoms with E-state index in [1.165, 1.54) is 27.0 Å². The molecule has 0 fully saturated rings. The molecule has 0 amide bonds. The Hall–Kier alpha value is -2.70. The number of carbonyl (C=O) groups is 4. The predicted molar refractivity (Wildman–Crippen MR) is 121 cm³/mol. The van der Waals surface area contributed by atoms with E-state index in [1.807, 2.05) is 6.08 Å². The molecule has 0 N–H and O–H groups in total. The number of methoxy groups -OCH3 is 1. The highest BCUT2D eigenvalue weighted by Gasteiger charge is 2.45. The van der Waals surface area contributed by atoms with Gasteiger partial charge >= 0.3 is 17.9 Å². The summed E-state index contributed by atoms with van der Waals surface area (Å²) in [5.74, 6) is -2.00. The van der Waals surface area contributed by atoms with Crippen molar-refractivity contribution in [1.29, 1.82) is 0 Å². The predicted octanol–water partition coefficient (Wildman–Crippen LogP) is 4.40. The molecule has 0 aliphatic heterocycles. The van der Waals surface area contributed by atoms with E-state index in [-0.39, 0.29) is 18.6 Å². The SMILES string of the molecule is CCCCC/C=C\C[C@@]1(OC(C)=O)C=CC(=O)[C@@H]1C/C=C/[C@H](CCC(=O)OC)OC(C)=O. The number of ether oxygens (including phenoxy) is 3. The van der Waals surface area contributed by atoms with E-state index in [4.69, 9.17) is 9.47 Å². The summed E-state index contributed by atoms with van der Waals surface area (Å²) in [4.78, 5) is 47.2. The molecule has 0 spiro atoms. The molecule has 1 rings (SSSR count). The molecular formula is C25H36O7. The summed E-state index contributed by atoms with van der Waals surface area (Å²) in [6.45, 7) is 4.77. The van der Waals surface area contributed by atoms with Crippen LogP contribution < -0.4 is 0 Å². The fraction of sp³-hybridized carbons (Fsp3) is 0.600. The second-order valence-corrected chi connectivity index (χ2v) is 7.93. The number of rotatable bonds is 14. The third-order valence-electron chi connectivity index (χ3n) is 5.28. The van der Waals surface area contributed by atoms with Crippen molar-refractivity contribution in [2.45, 2.75) is 83.8 Å².